The zero-order valence-electron chi connectivity index (χ0n) is 12.8. The number of hydrogen-bond acceptors (Lipinski definition) is 3. The molecule has 0 atom stereocenters. The van der Waals surface area contributed by atoms with E-state index < -0.39 is 5.60 Å². The van der Waals surface area contributed by atoms with E-state index in [1.165, 1.54) is 10.9 Å². The fourth-order valence-corrected chi connectivity index (χ4v) is 2.09. The zero-order chi connectivity index (χ0) is 15.3. The highest BCUT2D eigenvalue weighted by molar-refractivity contribution is 5.82. The lowest BCUT2D eigenvalue weighted by molar-refractivity contribution is 0.0528. The SMILES string of the molecule is CC(C)(C)OC(=O)NCCNCc1cccc2[nH]ccc12. The van der Waals surface area contributed by atoms with Crippen molar-refractivity contribution in [2.24, 2.45) is 0 Å². The van der Waals surface area contributed by atoms with E-state index in [0.29, 0.717) is 13.1 Å². The summed E-state index contributed by atoms with van der Waals surface area (Å²) in [6.07, 6.45) is 1.56. The number of benzene rings is 1. The number of hydrogen-bond donors (Lipinski definition) is 3. The van der Waals surface area contributed by atoms with Crippen LogP contribution in [0, 0.1) is 0 Å². The maximum atomic E-state index is 11.5. The maximum absolute atomic E-state index is 11.5. The summed E-state index contributed by atoms with van der Waals surface area (Å²) in [7, 11) is 0. The Bertz CT molecular complexity index is 599. The van der Waals surface area contributed by atoms with Gasteiger partial charge in [0.25, 0.3) is 0 Å². The van der Waals surface area contributed by atoms with E-state index >= 15 is 0 Å². The number of rotatable bonds is 5. The molecule has 0 aliphatic heterocycles. The van der Waals surface area contributed by atoms with E-state index in [4.69, 9.17) is 4.74 Å². The summed E-state index contributed by atoms with van der Waals surface area (Å²) >= 11 is 0. The average Bonchev–Trinajstić information content (AvgIpc) is 2.85. The number of carbonyl (C=O) groups is 1. The third-order valence-corrected chi connectivity index (χ3v) is 2.97. The molecule has 0 saturated heterocycles. The molecule has 2 rings (SSSR count). The molecule has 0 spiro atoms. The summed E-state index contributed by atoms with van der Waals surface area (Å²) in [6.45, 7) is 7.55. The molecular formula is C16H23N3O2. The molecule has 2 aromatic rings. The van der Waals surface area contributed by atoms with Crippen molar-refractivity contribution < 1.29 is 9.53 Å². The lowest BCUT2D eigenvalue weighted by atomic mass is 10.1. The van der Waals surface area contributed by atoms with E-state index in [1.807, 2.05) is 33.0 Å². The number of carbonyl (C=O) groups excluding carboxylic acids is 1. The highest BCUT2D eigenvalue weighted by Crippen LogP contribution is 2.16. The number of aromatic amines is 1. The molecule has 0 aliphatic carbocycles. The number of alkyl carbamates (subject to hydrolysis) is 1. The highest BCUT2D eigenvalue weighted by Gasteiger charge is 2.15. The van der Waals surface area contributed by atoms with Crippen LogP contribution in [-0.4, -0.2) is 29.8 Å². The first-order valence-corrected chi connectivity index (χ1v) is 7.18. The molecular weight excluding hydrogens is 266 g/mol. The van der Waals surface area contributed by atoms with Crippen LogP contribution in [0.15, 0.2) is 30.5 Å². The van der Waals surface area contributed by atoms with Crippen molar-refractivity contribution in [2.45, 2.75) is 32.9 Å². The van der Waals surface area contributed by atoms with Gasteiger partial charge in [-0.05, 0) is 38.5 Å². The molecule has 1 aromatic carbocycles. The Balaban J connectivity index is 1.71. The van der Waals surface area contributed by atoms with Crippen LogP contribution in [0.25, 0.3) is 10.9 Å². The molecule has 0 saturated carbocycles. The maximum Gasteiger partial charge on any atom is 0.407 e. The fourth-order valence-electron chi connectivity index (χ4n) is 2.09. The van der Waals surface area contributed by atoms with Gasteiger partial charge in [-0.25, -0.2) is 4.79 Å². The van der Waals surface area contributed by atoms with Gasteiger partial charge in [-0.15, -0.1) is 0 Å². The first kappa shape index (κ1) is 15.4. The van der Waals surface area contributed by atoms with Gasteiger partial charge in [0.05, 0.1) is 0 Å². The molecule has 0 fully saturated rings. The Morgan fingerprint density at radius 1 is 1.24 bits per heavy atom. The Morgan fingerprint density at radius 3 is 2.81 bits per heavy atom. The topological polar surface area (TPSA) is 66.2 Å². The lowest BCUT2D eigenvalue weighted by Gasteiger charge is -2.19. The molecule has 1 aromatic heterocycles. The molecule has 21 heavy (non-hydrogen) atoms. The number of amides is 1. The summed E-state index contributed by atoms with van der Waals surface area (Å²) in [5.41, 5.74) is 1.92. The molecule has 0 bridgehead atoms. The number of fused-ring (bicyclic) bond motifs is 1. The van der Waals surface area contributed by atoms with Crippen molar-refractivity contribution >= 4 is 17.0 Å². The molecule has 5 heteroatoms. The first-order chi connectivity index (χ1) is 9.96. The van der Waals surface area contributed by atoms with Gasteiger partial charge in [0.15, 0.2) is 0 Å². The second-order valence-electron chi connectivity index (χ2n) is 5.96. The van der Waals surface area contributed by atoms with Crippen molar-refractivity contribution in [3.05, 3.63) is 36.0 Å². The molecule has 114 valence electrons. The number of H-pyrrole nitrogens is 1. The molecule has 3 N–H and O–H groups in total. The Morgan fingerprint density at radius 2 is 2.05 bits per heavy atom. The fraction of sp³-hybridized carbons (Fsp3) is 0.438. The largest absolute Gasteiger partial charge is 0.444 e. The van der Waals surface area contributed by atoms with Gasteiger partial charge in [-0.1, -0.05) is 12.1 Å². The third kappa shape index (κ3) is 4.79. The van der Waals surface area contributed by atoms with Gasteiger partial charge in [-0.2, -0.15) is 0 Å². The summed E-state index contributed by atoms with van der Waals surface area (Å²) in [5.74, 6) is 0. The molecule has 0 radical (unpaired) electrons. The van der Waals surface area contributed by atoms with Crippen LogP contribution in [0.1, 0.15) is 26.3 Å². The van der Waals surface area contributed by atoms with Gasteiger partial charge in [0, 0.05) is 36.7 Å². The van der Waals surface area contributed by atoms with E-state index in [2.05, 4.69) is 33.8 Å². The minimum atomic E-state index is -0.457. The normalized spacial score (nSPS) is 11.6. The highest BCUT2D eigenvalue weighted by atomic mass is 16.6. The van der Waals surface area contributed by atoms with Crippen molar-refractivity contribution in [3.8, 4) is 0 Å². The van der Waals surface area contributed by atoms with Crippen molar-refractivity contribution in [3.63, 3.8) is 0 Å². The third-order valence-electron chi connectivity index (χ3n) is 2.97. The molecule has 0 aliphatic rings. The zero-order valence-corrected chi connectivity index (χ0v) is 12.8. The molecule has 1 heterocycles. The molecule has 5 nitrogen and oxygen atoms in total. The lowest BCUT2D eigenvalue weighted by Crippen LogP contribution is -2.36. The van der Waals surface area contributed by atoms with Gasteiger partial charge in [-0.3, -0.25) is 0 Å². The van der Waals surface area contributed by atoms with Gasteiger partial charge in [0.1, 0.15) is 5.60 Å². The van der Waals surface area contributed by atoms with Crippen LogP contribution in [0.5, 0.6) is 0 Å². The van der Waals surface area contributed by atoms with Crippen LogP contribution >= 0.6 is 0 Å². The smallest absolute Gasteiger partial charge is 0.407 e. The van der Waals surface area contributed by atoms with Gasteiger partial charge >= 0.3 is 6.09 Å². The first-order valence-electron chi connectivity index (χ1n) is 7.18. The number of nitrogens with one attached hydrogen (secondary N) is 3. The summed E-state index contributed by atoms with van der Waals surface area (Å²) in [6, 6.07) is 8.27. The predicted octanol–water partition coefficient (Wildman–Crippen LogP) is 2.78. The van der Waals surface area contributed by atoms with E-state index in [9.17, 15) is 4.79 Å². The van der Waals surface area contributed by atoms with Crippen LogP contribution < -0.4 is 10.6 Å². The second kappa shape index (κ2) is 6.63. The monoisotopic (exact) mass is 289 g/mol. The quantitative estimate of drug-likeness (QED) is 0.742. The average molecular weight is 289 g/mol. The number of aromatic nitrogens is 1. The minimum Gasteiger partial charge on any atom is -0.444 e. The van der Waals surface area contributed by atoms with E-state index in [0.717, 1.165) is 12.1 Å². The Kier molecular flexibility index (Phi) is 4.85. The minimum absolute atomic E-state index is 0.378. The summed E-state index contributed by atoms with van der Waals surface area (Å²) in [4.78, 5) is 14.7. The van der Waals surface area contributed by atoms with Gasteiger partial charge < -0.3 is 20.4 Å². The summed E-state index contributed by atoms with van der Waals surface area (Å²) in [5, 5.41) is 7.27. The van der Waals surface area contributed by atoms with Gasteiger partial charge in [0.2, 0.25) is 0 Å². The predicted molar refractivity (Wildman–Crippen MR) is 84.2 cm³/mol. The molecule has 1 amide bonds. The van der Waals surface area contributed by atoms with Crippen LogP contribution in [-0.2, 0) is 11.3 Å². The summed E-state index contributed by atoms with van der Waals surface area (Å²) < 4.78 is 5.17. The number of ether oxygens (including phenoxy) is 1. The van der Waals surface area contributed by atoms with Crippen molar-refractivity contribution in [2.75, 3.05) is 13.1 Å². The van der Waals surface area contributed by atoms with Crippen molar-refractivity contribution in [1.82, 2.24) is 15.6 Å². The van der Waals surface area contributed by atoms with Crippen LogP contribution in [0.3, 0.4) is 0 Å². The Labute approximate surface area is 125 Å². The van der Waals surface area contributed by atoms with E-state index in [1.54, 1.807) is 0 Å². The van der Waals surface area contributed by atoms with Crippen LogP contribution in [0.4, 0.5) is 4.79 Å². The van der Waals surface area contributed by atoms with E-state index in [-0.39, 0.29) is 6.09 Å². The standard InChI is InChI=1S/C16H23N3O2/c1-16(2,3)21-15(20)19-10-9-17-11-12-5-4-6-14-13(12)7-8-18-14/h4-8,17-18H,9-11H2,1-3H3,(H,19,20). The van der Waals surface area contributed by atoms with Crippen LogP contribution in [0.2, 0.25) is 0 Å². The Hall–Kier alpha value is -2.01. The molecule has 0 unspecified atom stereocenters. The second-order valence-corrected chi connectivity index (χ2v) is 5.96. The van der Waals surface area contributed by atoms with Crippen molar-refractivity contribution in [1.29, 1.82) is 0 Å².